The van der Waals surface area contributed by atoms with Crippen molar-refractivity contribution in [3.8, 4) is 5.75 Å². The van der Waals surface area contributed by atoms with Crippen molar-refractivity contribution in [2.75, 3.05) is 0 Å². The Morgan fingerprint density at radius 3 is 2.64 bits per heavy atom. The van der Waals surface area contributed by atoms with Crippen LogP contribution in [0.4, 0.5) is 0 Å². The third-order valence-electron chi connectivity index (χ3n) is 1.83. The van der Waals surface area contributed by atoms with Crippen molar-refractivity contribution >= 4 is 5.90 Å². The highest BCUT2D eigenvalue weighted by Crippen LogP contribution is 2.10. The Bertz CT molecular complexity index is 283. The molecule has 0 heterocycles. The van der Waals surface area contributed by atoms with Gasteiger partial charge in [-0.1, -0.05) is 36.7 Å². The summed E-state index contributed by atoms with van der Waals surface area (Å²) in [5.41, 5.74) is 0. The summed E-state index contributed by atoms with van der Waals surface area (Å²) in [6.07, 6.45) is 2.69. The Hall–Kier alpha value is -1.51. The highest BCUT2D eigenvalue weighted by molar-refractivity contribution is 5.77. The van der Waals surface area contributed by atoms with Crippen LogP contribution < -0.4 is 4.74 Å². The number of oxime groups is 1. The lowest BCUT2D eigenvalue weighted by Gasteiger charge is -2.05. The van der Waals surface area contributed by atoms with E-state index >= 15 is 0 Å². The van der Waals surface area contributed by atoms with Gasteiger partial charge in [0, 0.05) is 6.42 Å². The molecule has 0 aliphatic carbocycles. The lowest BCUT2D eigenvalue weighted by atomic mass is 10.2. The number of benzene rings is 1. The highest BCUT2D eigenvalue weighted by atomic mass is 16.5. The van der Waals surface area contributed by atoms with E-state index in [1.165, 1.54) is 0 Å². The maximum atomic E-state index is 8.68. The lowest BCUT2D eigenvalue weighted by Crippen LogP contribution is -2.08. The first kappa shape index (κ1) is 10.6. The fraction of sp³-hybridized carbons (Fsp3) is 0.364. The van der Waals surface area contributed by atoms with Gasteiger partial charge in [-0.05, 0) is 18.6 Å². The first-order chi connectivity index (χ1) is 6.86. The minimum Gasteiger partial charge on any atom is -0.440 e. The molecule has 1 N–H and O–H groups in total. The standard InChI is InChI=1S/C11H15NO2/c1-2-3-9-11(12-13)14-10-7-5-4-6-8-10/h4-8,13H,2-3,9H2,1H3. The molecule has 1 aromatic rings. The number of rotatable bonds is 4. The van der Waals surface area contributed by atoms with Crippen molar-refractivity contribution in [3.63, 3.8) is 0 Å². The molecule has 0 aliphatic heterocycles. The predicted molar refractivity (Wildman–Crippen MR) is 55.8 cm³/mol. The summed E-state index contributed by atoms with van der Waals surface area (Å²) in [6, 6.07) is 9.33. The fourth-order valence-corrected chi connectivity index (χ4v) is 1.07. The van der Waals surface area contributed by atoms with Crippen LogP contribution in [0.3, 0.4) is 0 Å². The zero-order chi connectivity index (χ0) is 10.2. The number of hydrogen-bond donors (Lipinski definition) is 1. The van der Waals surface area contributed by atoms with Crippen molar-refractivity contribution in [2.24, 2.45) is 5.16 Å². The molecule has 1 aromatic carbocycles. The van der Waals surface area contributed by atoms with Gasteiger partial charge in [0.15, 0.2) is 0 Å². The van der Waals surface area contributed by atoms with E-state index < -0.39 is 0 Å². The molecular formula is C11H15NO2. The predicted octanol–water partition coefficient (Wildman–Crippen LogP) is 3.04. The quantitative estimate of drug-likeness (QED) is 0.345. The first-order valence-corrected chi connectivity index (χ1v) is 4.80. The van der Waals surface area contributed by atoms with Gasteiger partial charge in [-0.25, -0.2) is 0 Å². The molecule has 76 valence electrons. The minimum atomic E-state index is 0.373. The van der Waals surface area contributed by atoms with Gasteiger partial charge in [0.05, 0.1) is 0 Å². The molecule has 0 bridgehead atoms. The summed E-state index contributed by atoms with van der Waals surface area (Å²) in [5.74, 6) is 1.08. The van der Waals surface area contributed by atoms with E-state index in [0.717, 1.165) is 12.8 Å². The summed E-state index contributed by atoms with van der Waals surface area (Å²) >= 11 is 0. The zero-order valence-corrected chi connectivity index (χ0v) is 8.31. The van der Waals surface area contributed by atoms with Crippen molar-refractivity contribution in [2.45, 2.75) is 26.2 Å². The normalized spacial score (nSPS) is 11.4. The number of ether oxygens (including phenoxy) is 1. The molecule has 0 saturated heterocycles. The third-order valence-corrected chi connectivity index (χ3v) is 1.83. The summed E-state index contributed by atoms with van der Waals surface area (Å²) < 4.78 is 5.37. The molecule has 1 rings (SSSR count). The molecule has 3 nitrogen and oxygen atoms in total. The maximum absolute atomic E-state index is 8.68. The van der Waals surface area contributed by atoms with Crippen LogP contribution in [-0.4, -0.2) is 11.1 Å². The van der Waals surface area contributed by atoms with Crippen LogP contribution in [0.1, 0.15) is 26.2 Å². The van der Waals surface area contributed by atoms with Crippen LogP contribution in [0, 0.1) is 0 Å². The number of nitrogens with zero attached hydrogens (tertiary/aromatic N) is 1. The monoisotopic (exact) mass is 193 g/mol. The first-order valence-electron chi connectivity index (χ1n) is 4.80. The van der Waals surface area contributed by atoms with E-state index in [1.807, 2.05) is 30.3 Å². The SMILES string of the molecule is CCCCC(=NO)Oc1ccccc1. The number of para-hydroxylation sites is 1. The van der Waals surface area contributed by atoms with Crippen LogP contribution in [-0.2, 0) is 0 Å². The summed E-state index contributed by atoms with van der Waals surface area (Å²) in [4.78, 5) is 0. The van der Waals surface area contributed by atoms with Gasteiger partial charge in [0.1, 0.15) is 5.75 Å². The smallest absolute Gasteiger partial charge is 0.231 e. The summed E-state index contributed by atoms with van der Waals surface area (Å²) in [6.45, 7) is 2.08. The van der Waals surface area contributed by atoms with Crippen molar-refractivity contribution in [3.05, 3.63) is 30.3 Å². The molecule has 14 heavy (non-hydrogen) atoms. The summed E-state index contributed by atoms with van der Waals surface area (Å²) in [5, 5.41) is 11.8. The van der Waals surface area contributed by atoms with E-state index in [9.17, 15) is 0 Å². The lowest BCUT2D eigenvalue weighted by molar-refractivity contribution is 0.300. The molecule has 3 heteroatoms. The Balaban J connectivity index is 2.50. The molecule has 0 atom stereocenters. The van der Waals surface area contributed by atoms with E-state index in [0.29, 0.717) is 18.1 Å². The second-order valence-corrected chi connectivity index (χ2v) is 3.01. The van der Waals surface area contributed by atoms with Gasteiger partial charge in [-0.15, -0.1) is 0 Å². The van der Waals surface area contributed by atoms with E-state index in [-0.39, 0.29) is 0 Å². The van der Waals surface area contributed by atoms with E-state index in [4.69, 9.17) is 9.94 Å². The Morgan fingerprint density at radius 2 is 2.07 bits per heavy atom. The van der Waals surface area contributed by atoms with Crippen LogP contribution in [0.2, 0.25) is 0 Å². The molecule has 0 spiro atoms. The fourth-order valence-electron chi connectivity index (χ4n) is 1.07. The Morgan fingerprint density at radius 1 is 1.36 bits per heavy atom. The molecular weight excluding hydrogens is 178 g/mol. The summed E-state index contributed by atoms with van der Waals surface area (Å²) in [7, 11) is 0. The van der Waals surface area contributed by atoms with Crippen LogP contribution in [0.25, 0.3) is 0 Å². The van der Waals surface area contributed by atoms with Gasteiger partial charge in [0.2, 0.25) is 5.90 Å². The molecule has 0 aliphatic rings. The molecule has 0 fully saturated rings. The van der Waals surface area contributed by atoms with E-state index in [2.05, 4.69) is 12.1 Å². The third kappa shape index (κ3) is 3.47. The molecule has 0 amide bonds. The average molecular weight is 193 g/mol. The van der Waals surface area contributed by atoms with E-state index in [1.54, 1.807) is 0 Å². The maximum Gasteiger partial charge on any atom is 0.231 e. The largest absolute Gasteiger partial charge is 0.440 e. The number of hydrogen-bond acceptors (Lipinski definition) is 3. The molecule has 0 saturated carbocycles. The molecule has 0 unspecified atom stereocenters. The van der Waals surface area contributed by atoms with Gasteiger partial charge < -0.3 is 9.94 Å². The van der Waals surface area contributed by atoms with Crippen LogP contribution >= 0.6 is 0 Å². The van der Waals surface area contributed by atoms with Crippen molar-refractivity contribution in [1.29, 1.82) is 0 Å². The second kappa shape index (κ2) is 6.02. The van der Waals surface area contributed by atoms with Crippen molar-refractivity contribution in [1.82, 2.24) is 0 Å². The van der Waals surface area contributed by atoms with Gasteiger partial charge in [0.25, 0.3) is 0 Å². The van der Waals surface area contributed by atoms with Crippen LogP contribution in [0.5, 0.6) is 5.75 Å². The molecule has 0 radical (unpaired) electrons. The van der Waals surface area contributed by atoms with Crippen molar-refractivity contribution < 1.29 is 9.94 Å². The van der Waals surface area contributed by atoms with Gasteiger partial charge >= 0.3 is 0 Å². The van der Waals surface area contributed by atoms with Crippen LogP contribution in [0.15, 0.2) is 35.5 Å². The Kier molecular flexibility index (Phi) is 4.55. The highest BCUT2D eigenvalue weighted by Gasteiger charge is 2.01. The van der Waals surface area contributed by atoms with Gasteiger partial charge in [-0.2, -0.15) is 0 Å². The van der Waals surface area contributed by atoms with Gasteiger partial charge in [-0.3, -0.25) is 0 Å². The topological polar surface area (TPSA) is 41.8 Å². The minimum absolute atomic E-state index is 0.373. The molecule has 0 aromatic heterocycles. The number of unbranched alkanes of at least 4 members (excludes halogenated alkanes) is 1. The zero-order valence-electron chi connectivity index (χ0n) is 8.31. The average Bonchev–Trinajstić information content (AvgIpc) is 2.25. The Labute approximate surface area is 84.0 Å². The second-order valence-electron chi connectivity index (χ2n) is 3.01.